The van der Waals surface area contributed by atoms with E-state index in [9.17, 15) is 0 Å². The van der Waals surface area contributed by atoms with E-state index in [-0.39, 0.29) is 0 Å². The molecular formula is C8H15S2+. The Labute approximate surface area is 71.7 Å². The van der Waals surface area contributed by atoms with Crippen LogP contribution in [0.5, 0.6) is 0 Å². The average molecular weight is 175 g/mol. The van der Waals surface area contributed by atoms with Crippen molar-refractivity contribution >= 4 is 27.3 Å². The Morgan fingerprint density at radius 2 is 2.50 bits per heavy atom. The fourth-order valence-corrected chi connectivity index (χ4v) is 3.80. The van der Waals surface area contributed by atoms with Gasteiger partial charge < -0.3 is 0 Å². The third-order valence-corrected chi connectivity index (χ3v) is 4.86. The van der Waals surface area contributed by atoms with Crippen molar-refractivity contribution in [3.63, 3.8) is 0 Å². The quantitative estimate of drug-likeness (QED) is 0.459. The van der Waals surface area contributed by atoms with Crippen molar-refractivity contribution in [2.24, 2.45) is 5.92 Å². The lowest BCUT2D eigenvalue weighted by molar-refractivity contribution is 0.758. The van der Waals surface area contributed by atoms with Crippen LogP contribution in [-0.2, 0) is 11.4 Å². The molecule has 0 spiro atoms. The van der Waals surface area contributed by atoms with Gasteiger partial charge in [0.1, 0.15) is 0 Å². The largest absolute Gasteiger partial charge is 0.237 e. The summed E-state index contributed by atoms with van der Waals surface area (Å²) in [7, 11) is 0. The van der Waals surface area contributed by atoms with Crippen molar-refractivity contribution in [3.05, 3.63) is 0 Å². The van der Waals surface area contributed by atoms with Crippen LogP contribution in [0.2, 0.25) is 0 Å². The lowest BCUT2D eigenvalue weighted by Gasteiger charge is -2.06. The molecule has 1 aliphatic rings. The standard InChI is InChI=1S/C8H15S2/c1-3-7(2)8-9-5-4-6-10-8/h7H,3-6H2,1-2H3/q+1/t7-/m0/s1. The van der Waals surface area contributed by atoms with Gasteiger partial charge in [0, 0.05) is 18.1 Å². The minimum absolute atomic E-state index is 0.829. The molecule has 2 heteroatoms. The van der Waals surface area contributed by atoms with Crippen molar-refractivity contribution in [1.82, 2.24) is 0 Å². The fraction of sp³-hybridized carbons (Fsp3) is 0.875. The van der Waals surface area contributed by atoms with Gasteiger partial charge in [-0.05, 0) is 6.42 Å². The zero-order valence-corrected chi connectivity index (χ0v) is 8.36. The van der Waals surface area contributed by atoms with Gasteiger partial charge in [0.05, 0.1) is 0 Å². The van der Waals surface area contributed by atoms with Gasteiger partial charge in [-0.15, -0.1) is 0 Å². The van der Waals surface area contributed by atoms with E-state index in [0.29, 0.717) is 0 Å². The maximum atomic E-state index is 2.33. The zero-order chi connectivity index (χ0) is 7.40. The molecule has 1 aliphatic heterocycles. The molecule has 0 aromatic heterocycles. The molecule has 0 amide bonds. The van der Waals surface area contributed by atoms with Crippen LogP contribution in [0.25, 0.3) is 0 Å². The molecule has 0 aromatic rings. The van der Waals surface area contributed by atoms with Gasteiger partial charge in [-0.1, -0.05) is 25.6 Å². The van der Waals surface area contributed by atoms with E-state index in [1.165, 1.54) is 24.3 Å². The van der Waals surface area contributed by atoms with Gasteiger partial charge in [0.25, 0.3) is 0 Å². The maximum absolute atomic E-state index is 2.33. The molecule has 1 heterocycles. The first-order chi connectivity index (χ1) is 4.84. The summed E-state index contributed by atoms with van der Waals surface area (Å²) in [5, 5.41) is 0. The van der Waals surface area contributed by atoms with Gasteiger partial charge in [0.15, 0.2) is 17.1 Å². The Bertz CT molecular complexity index is 129. The summed E-state index contributed by atoms with van der Waals surface area (Å²) in [5.41, 5.74) is 0. The highest BCUT2D eigenvalue weighted by molar-refractivity contribution is 8.22. The zero-order valence-electron chi connectivity index (χ0n) is 6.72. The molecule has 0 aromatic carbocycles. The molecular weight excluding hydrogens is 160 g/mol. The van der Waals surface area contributed by atoms with E-state index in [1.807, 2.05) is 0 Å². The second kappa shape index (κ2) is 4.35. The summed E-state index contributed by atoms with van der Waals surface area (Å²) in [6, 6.07) is 0. The summed E-state index contributed by atoms with van der Waals surface area (Å²) in [6.07, 6.45) is 2.70. The van der Waals surface area contributed by atoms with E-state index in [4.69, 9.17) is 0 Å². The summed E-state index contributed by atoms with van der Waals surface area (Å²) in [6.45, 7) is 4.61. The maximum Gasteiger partial charge on any atom is 0.237 e. The molecule has 0 nitrogen and oxygen atoms in total. The number of hydrogen-bond donors (Lipinski definition) is 0. The Morgan fingerprint density at radius 3 is 3.00 bits per heavy atom. The number of rotatable bonds is 2. The van der Waals surface area contributed by atoms with Crippen LogP contribution in [0.15, 0.2) is 0 Å². The van der Waals surface area contributed by atoms with Gasteiger partial charge in [-0.25, -0.2) is 0 Å². The van der Waals surface area contributed by atoms with E-state index in [0.717, 1.165) is 5.92 Å². The molecule has 1 rings (SSSR count). The predicted octanol–water partition coefficient (Wildman–Crippen LogP) is 2.38. The Morgan fingerprint density at radius 1 is 1.70 bits per heavy atom. The van der Waals surface area contributed by atoms with Crippen LogP contribution in [-0.4, -0.2) is 15.7 Å². The highest BCUT2D eigenvalue weighted by atomic mass is 32.2. The summed E-state index contributed by atoms with van der Waals surface area (Å²) in [4.78, 5) is 0. The van der Waals surface area contributed by atoms with E-state index in [2.05, 4.69) is 37.0 Å². The van der Waals surface area contributed by atoms with Crippen molar-refractivity contribution < 1.29 is 0 Å². The Balaban J connectivity index is 2.44. The number of thioether (sulfide) groups is 1. The molecule has 0 N–H and O–H groups in total. The monoisotopic (exact) mass is 175 g/mol. The molecule has 0 aliphatic carbocycles. The lowest BCUT2D eigenvalue weighted by Crippen LogP contribution is -2.13. The Kier molecular flexibility index (Phi) is 3.71. The SMILES string of the molecule is CC[C@H](C)C1=[S+]CCCS1. The first kappa shape index (κ1) is 8.54. The fourth-order valence-electron chi connectivity index (χ4n) is 0.897. The summed E-state index contributed by atoms with van der Waals surface area (Å²) >= 11 is 4.15. The minimum atomic E-state index is 0.829. The Hall–Kier alpha value is 0.440. The smallest absolute Gasteiger partial charge is 0.0694 e. The van der Waals surface area contributed by atoms with Crippen LogP contribution in [0.4, 0.5) is 0 Å². The van der Waals surface area contributed by atoms with Crippen LogP contribution in [0.3, 0.4) is 0 Å². The number of hydrogen-bond acceptors (Lipinski definition) is 1. The van der Waals surface area contributed by atoms with E-state index < -0.39 is 0 Å². The van der Waals surface area contributed by atoms with Crippen molar-refractivity contribution in [1.29, 1.82) is 0 Å². The highest BCUT2D eigenvalue weighted by Crippen LogP contribution is 2.19. The lowest BCUT2D eigenvalue weighted by atomic mass is 10.2. The molecule has 1 atom stereocenters. The van der Waals surface area contributed by atoms with Crippen LogP contribution < -0.4 is 0 Å². The molecule has 0 saturated carbocycles. The van der Waals surface area contributed by atoms with Gasteiger partial charge in [0.2, 0.25) is 4.20 Å². The normalized spacial score (nSPS) is 22.0. The minimum Gasteiger partial charge on any atom is -0.0694 e. The van der Waals surface area contributed by atoms with Crippen LogP contribution in [0, 0.1) is 5.92 Å². The average Bonchev–Trinajstić information content (AvgIpc) is 2.05. The van der Waals surface area contributed by atoms with E-state index >= 15 is 0 Å². The molecule has 0 radical (unpaired) electrons. The predicted molar refractivity (Wildman–Crippen MR) is 53.8 cm³/mol. The molecule has 58 valence electrons. The topological polar surface area (TPSA) is 0 Å². The van der Waals surface area contributed by atoms with Gasteiger partial charge >= 0.3 is 0 Å². The molecule has 0 fully saturated rings. The molecule has 0 unspecified atom stereocenters. The van der Waals surface area contributed by atoms with Crippen LogP contribution in [0.1, 0.15) is 26.7 Å². The molecule has 0 bridgehead atoms. The summed E-state index contributed by atoms with van der Waals surface area (Å²) < 4.78 is 1.67. The second-order valence-corrected chi connectivity index (χ2v) is 5.21. The first-order valence-electron chi connectivity index (χ1n) is 3.97. The third kappa shape index (κ3) is 2.24. The van der Waals surface area contributed by atoms with Gasteiger partial charge in [-0.2, -0.15) is 0 Å². The second-order valence-electron chi connectivity index (χ2n) is 2.68. The third-order valence-electron chi connectivity index (χ3n) is 1.79. The summed E-state index contributed by atoms with van der Waals surface area (Å²) in [5.74, 6) is 3.54. The highest BCUT2D eigenvalue weighted by Gasteiger charge is 2.21. The van der Waals surface area contributed by atoms with Crippen molar-refractivity contribution in [2.45, 2.75) is 26.7 Å². The van der Waals surface area contributed by atoms with Gasteiger partial charge in [-0.3, -0.25) is 0 Å². The van der Waals surface area contributed by atoms with Crippen molar-refractivity contribution in [2.75, 3.05) is 11.5 Å². The van der Waals surface area contributed by atoms with Crippen LogP contribution >= 0.6 is 11.8 Å². The molecule has 10 heavy (non-hydrogen) atoms. The molecule has 0 saturated heterocycles. The van der Waals surface area contributed by atoms with Crippen molar-refractivity contribution in [3.8, 4) is 0 Å². The van der Waals surface area contributed by atoms with E-state index in [1.54, 1.807) is 4.20 Å². The first-order valence-corrected chi connectivity index (χ1v) is 5.94.